The van der Waals surface area contributed by atoms with Crippen LogP contribution in [-0.2, 0) is 13.2 Å². The predicted molar refractivity (Wildman–Crippen MR) is 42.2 cm³/mol. The molecule has 0 N–H and O–H groups in total. The summed E-state index contributed by atoms with van der Waals surface area (Å²) in [6.45, 7) is 5.38. The molecule has 0 bridgehead atoms. The van der Waals surface area contributed by atoms with E-state index in [2.05, 4.69) is 5.10 Å². The van der Waals surface area contributed by atoms with E-state index in [9.17, 15) is 4.39 Å². The van der Waals surface area contributed by atoms with E-state index < -0.39 is 6.80 Å². The van der Waals surface area contributed by atoms with Gasteiger partial charge in [0.05, 0.1) is 5.69 Å². The highest BCUT2D eigenvalue weighted by Crippen LogP contribution is 2.12. The van der Waals surface area contributed by atoms with Gasteiger partial charge in [-0.3, -0.25) is 0 Å². The zero-order chi connectivity index (χ0) is 8.43. The van der Waals surface area contributed by atoms with E-state index in [1.165, 1.54) is 4.68 Å². The molecular weight excluding hydrogens is 143 g/mol. The smallest absolute Gasteiger partial charge is 0.181 e. The van der Waals surface area contributed by atoms with Crippen LogP contribution in [0.4, 0.5) is 4.39 Å². The summed E-state index contributed by atoms with van der Waals surface area (Å²) in [6.07, 6.45) is 0.844. The van der Waals surface area contributed by atoms with Gasteiger partial charge in [0.2, 0.25) is 0 Å². The van der Waals surface area contributed by atoms with Gasteiger partial charge < -0.3 is 0 Å². The number of nitrogens with zero attached hydrogens (tertiary/aromatic N) is 2. The largest absolute Gasteiger partial charge is 0.238 e. The third-order valence-electron chi connectivity index (χ3n) is 2.01. The molecule has 1 aromatic heterocycles. The Hall–Kier alpha value is -0.860. The average Bonchev–Trinajstić information content (AvgIpc) is 2.28. The van der Waals surface area contributed by atoms with E-state index in [0.29, 0.717) is 0 Å². The molecule has 1 aromatic rings. The summed E-state index contributed by atoms with van der Waals surface area (Å²) >= 11 is 0. The maximum Gasteiger partial charge on any atom is 0.181 e. The first-order valence-electron chi connectivity index (χ1n) is 3.79. The van der Waals surface area contributed by atoms with Crippen molar-refractivity contribution in [3.8, 4) is 0 Å². The van der Waals surface area contributed by atoms with Crippen LogP contribution in [-0.4, -0.2) is 9.78 Å². The van der Waals surface area contributed by atoms with Crippen LogP contribution in [0.3, 0.4) is 0 Å². The number of halogens is 1. The zero-order valence-electron chi connectivity index (χ0n) is 7.19. The summed E-state index contributed by atoms with van der Waals surface area (Å²) in [5, 5.41) is 4.04. The fraction of sp³-hybridized carbons (Fsp3) is 0.625. The molecule has 0 unspecified atom stereocenters. The molecule has 0 radical (unpaired) electrons. The van der Waals surface area contributed by atoms with Crippen molar-refractivity contribution in [2.75, 3.05) is 0 Å². The highest BCUT2D eigenvalue weighted by Gasteiger charge is 2.07. The first kappa shape index (κ1) is 8.24. The summed E-state index contributed by atoms with van der Waals surface area (Å²) < 4.78 is 13.7. The van der Waals surface area contributed by atoms with Crippen LogP contribution in [0.1, 0.15) is 23.9 Å². The van der Waals surface area contributed by atoms with Crippen LogP contribution < -0.4 is 0 Å². The van der Waals surface area contributed by atoms with E-state index in [-0.39, 0.29) is 0 Å². The van der Waals surface area contributed by atoms with E-state index in [1.54, 1.807) is 0 Å². The third-order valence-corrected chi connectivity index (χ3v) is 2.01. The van der Waals surface area contributed by atoms with Crippen molar-refractivity contribution in [2.45, 2.75) is 34.0 Å². The number of aromatic nitrogens is 2. The number of alkyl halides is 1. The highest BCUT2D eigenvalue weighted by atomic mass is 19.1. The van der Waals surface area contributed by atoms with Crippen LogP contribution in [0, 0.1) is 13.8 Å². The van der Waals surface area contributed by atoms with E-state index in [0.717, 1.165) is 23.4 Å². The van der Waals surface area contributed by atoms with Gasteiger partial charge in [0.1, 0.15) is 0 Å². The molecule has 1 heterocycles. The fourth-order valence-electron chi connectivity index (χ4n) is 1.27. The van der Waals surface area contributed by atoms with Gasteiger partial charge in [-0.1, -0.05) is 6.92 Å². The van der Waals surface area contributed by atoms with Crippen molar-refractivity contribution < 1.29 is 4.39 Å². The molecule has 0 amide bonds. The van der Waals surface area contributed by atoms with Crippen LogP contribution >= 0.6 is 0 Å². The maximum absolute atomic E-state index is 12.3. The minimum absolute atomic E-state index is 0.516. The first-order valence-corrected chi connectivity index (χ1v) is 3.79. The highest BCUT2D eigenvalue weighted by molar-refractivity contribution is 5.23. The van der Waals surface area contributed by atoms with Gasteiger partial charge in [-0.25, -0.2) is 9.07 Å². The molecule has 62 valence electrons. The zero-order valence-corrected chi connectivity index (χ0v) is 7.19. The van der Waals surface area contributed by atoms with Crippen LogP contribution in [0.25, 0.3) is 0 Å². The second kappa shape index (κ2) is 3.03. The van der Waals surface area contributed by atoms with Gasteiger partial charge in [-0.2, -0.15) is 5.10 Å². The monoisotopic (exact) mass is 156 g/mol. The number of rotatable bonds is 2. The Morgan fingerprint density at radius 3 is 2.45 bits per heavy atom. The molecule has 0 fully saturated rings. The lowest BCUT2D eigenvalue weighted by atomic mass is 10.2. The van der Waals surface area contributed by atoms with Crippen molar-refractivity contribution in [2.24, 2.45) is 0 Å². The fourth-order valence-corrected chi connectivity index (χ4v) is 1.27. The standard InChI is InChI=1S/C8H13FN2/c1-4-8-6(2)7(3)10-11(8)5-9/h4-5H2,1-3H3. The minimum atomic E-state index is -0.516. The number of hydrogen-bond acceptors (Lipinski definition) is 1. The quantitative estimate of drug-likeness (QED) is 0.640. The molecule has 0 atom stereocenters. The average molecular weight is 156 g/mol. The predicted octanol–water partition coefficient (Wildman–Crippen LogP) is 1.99. The lowest BCUT2D eigenvalue weighted by Gasteiger charge is -1.99. The van der Waals surface area contributed by atoms with Gasteiger partial charge in [0.15, 0.2) is 6.80 Å². The molecule has 0 aliphatic heterocycles. The summed E-state index contributed by atoms with van der Waals surface area (Å²) in [5.41, 5.74) is 3.05. The van der Waals surface area contributed by atoms with Gasteiger partial charge in [-0.15, -0.1) is 0 Å². The Kier molecular flexibility index (Phi) is 2.27. The second-order valence-corrected chi connectivity index (χ2v) is 2.63. The summed E-state index contributed by atoms with van der Waals surface area (Å²) in [7, 11) is 0. The van der Waals surface area contributed by atoms with Crippen LogP contribution in [0.2, 0.25) is 0 Å². The topological polar surface area (TPSA) is 17.8 Å². The first-order chi connectivity index (χ1) is 5.20. The van der Waals surface area contributed by atoms with Crippen molar-refractivity contribution in [3.63, 3.8) is 0 Å². The summed E-state index contributed by atoms with van der Waals surface area (Å²) in [4.78, 5) is 0. The Bertz CT molecular complexity index is 253. The maximum atomic E-state index is 12.3. The Morgan fingerprint density at radius 1 is 1.45 bits per heavy atom. The normalized spacial score (nSPS) is 10.5. The Morgan fingerprint density at radius 2 is 2.09 bits per heavy atom. The molecule has 0 aliphatic rings. The molecule has 0 aromatic carbocycles. The summed E-state index contributed by atoms with van der Waals surface area (Å²) in [5.74, 6) is 0. The number of hydrogen-bond donors (Lipinski definition) is 0. The van der Waals surface area contributed by atoms with Crippen molar-refractivity contribution in [3.05, 3.63) is 17.0 Å². The Balaban J connectivity index is 3.15. The van der Waals surface area contributed by atoms with Gasteiger partial charge in [0, 0.05) is 5.69 Å². The molecule has 0 saturated heterocycles. The van der Waals surface area contributed by atoms with Gasteiger partial charge >= 0.3 is 0 Å². The van der Waals surface area contributed by atoms with Gasteiger partial charge in [0.25, 0.3) is 0 Å². The van der Waals surface area contributed by atoms with Crippen molar-refractivity contribution in [1.82, 2.24) is 9.78 Å². The van der Waals surface area contributed by atoms with Crippen molar-refractivity contribution >= 4 is 0 Å². The molecule has 2 nitrogen and oxygen atoms in total. The van der Waals surface area contributed by atoms with Gasteiger partial charge in [-0.05, 0) is 25.8 Å². The van der Waals surface area contributed by atoms with Crippen LogP contribution in [0.5, 0.6) is 0 Å². The lowest BCUT2D eigenvalue weighted by Crippen LogP contribution is -2.00. The molecule has 11 heavy (non-hydrogen) atoms. The Labute approximate surface area is 66.0 Å². The van der Waals surface area contributed by atoms with E-state index >= 15 is 0 Å². The molecule has 3 heteroatoms. The minimum Gasteiger partial charge on any atom is -0.238 e. The lowest BCUT2D eigenvalue weighted by molar-refractivity contribution is 0.341. The molecule has 0 aliphatic carbocycles. The van der Waals surface area contributed by atoms with Crippen molar-refractivity contribution in [1.29, 1.82) is 0 Å². The molecular formula is C8H13FN2. The summed E-state index contributed by atoms with van der Waals surface area (Å²) in [6, 6.07) is 0. The molecule has 0 saturated carbocycles. The van der Waals surface area contributed by atoms with E-state index in [4.69, 9.17) is 0 Å². The second-order valence-electron chi connectivity index (χ2n) is 2.63. The van der Waals surface area contributed by atoms with Crippen LogP contribution in [0.15, 0.2) is 0 Å². The number of aryl methyl sites for hydroxylation is 1. The van der Waals surface area contributed by atoms with E-state index in [1.807, 2.05) is 20.8 Å². The molecule has 1 rings (SSSR count). The SMILES string of the molecule is CCc1c(C)c(C)nn1CF. The molecule has 0 spiro atoms. The third kappa shape index (κ3) is 1.27.